The minimum Gasteiger partial charge on any atom is -0.493 e. The summed E-state index contributed by atoms with van der Waals surface area (Å²) in [5, 5.41) is 0. The van der Waals surface area contributed by atoms with Crippen molar-refractivity contribution in [1.82, 2.24) is 0 Å². The van der Waals surface area contributed by atoms with Crippen LogP contribution in [0.15, 0.2) is 59.1 Å². The zero-order valence-electron chi connectivity index (χ0n) is 18.0. The van der Waals surface area contributed by atoms with E-state index in [0.717, 1.165) is 26.7 Å². The molecule has 0 aromatic heterocycles. The topological polar surface area (TPSA) is 36.9 Å². The number of hydrogen-bond donors (Lipinski definition) is 0. The fraction of sp³-hybridized carbons (Fsp3) is 0.154. The van der Waals surface area contributed by atoms with Gasteiger partial charge < -0.3 is 18.9 Å². The summed E-state index contributed by atoms with van der Waals surface area (Å²) in [5.74, 6) is 2.84. The van der Waals surface area contributed by atoms with Gasteiger partial charge in [0.15, 0.2) is 23.0 Å². The highest BCUT2D eigenvalue weighted by Crippen LogP contribution is 2.30. The van der Waals surface area contributed by atoms with E-state index >= 15 is 0 Å². The predicted octanol–water partition coefficient (Wildman–Crippen LogP) is 6.82. The zero-order valence-corrected chi connectivity index (χ0v) is 19.6. The highest BCUT2D eigenvalue weighted by Gasteiger charge is 2.04. The smallest absolute Gasteiger partial charge is 0.161 e. The average molecular weight is 481 g/mol. The summed E-state index contributed by atoms with van der Waals surface area (Å²) in [5.41, 5.74) is 4.22. The molecule has 3 aromatic carbocycles. The first-order valence-corrected chi connectivity index (χ1v) is 10.5. The van der Waals surface area contributed by atoms with Gasteiger partial charge in [0.25, 0.3) is 0 Å². The number of halogens is 1. The van der Waals surface area contributed by atoms with Gasteiger partial charge in [-0.3, -0.25) is 0 Å². The summed E-state index contributed by atoms with van der Waals surface area (Å²) in [6, 6.07) is 18.0. The highest BCUT2D eigenvalue weighted by molar-refractivity contribution is 9.10. The van der Waals surface area contributed by atoms with Crippen LogP contribution in [0.1, 0.15) is 22.3 Å². The van der Waals surface area contributed by atoms with Crippen LogP contribution >= 0.6 is 15.9 Å². The van der Waals surface area contributed by atoms with Gasteiger partial charge in [-0.15, -0.1) is 0 Å². The molecule has 0 unspecified atom stereocenters. The fourth-order valence-corrected chi connectivity index (χ4v) is 3.65. The van der Waals surface area contributed by atoms with Gasteiger partial charge in [-0.25, -0.2) is 0 Å². The lowest BCUT2D eigenvalue weighted by Crippen LogP contribution is -1.90. The molecule has 0 saturated heterocycles. The number of methoxy groups -OCH3 is 4. The summed E-state index contributed by atoms with van der Waals surface area (Å²) in [7, 11) is 6.53. The molecule has 0 N–H and O–H groups in total. The van der Waals surface area contributed by atoms with E-state index in [2.05, 4.69) is 46.3 Å². The first-order valence-electron chi connectivity index (χ1n) is 9.67. The number of benzene rings is 3. The second-order valence-corrected chi connectivity index (χ2v) is 7.63. The molecule has 0 atom stereocenters. The minimum atomic E-state index is 0.706. The molecule has 0 heterocycles. The van der Waals surface area contributed by atoms with E-state index in [1.54, 1.807) is 28.4 Å². The van der Waals surface area contributed by atoms with Crippen LogP contribution in [0.25, 0.3) is 24.3 Å². The van der Waals surface area contributed by atoms with Crippen molar-refractivity contribution in [3.05, 3.63) is 81.3 Å². The second kappa shape index (κ2) is 10.7. The Kier molecular flexibility index (Phi) is 7.79. The molecule has 3 rings (SSSR count). The maximum absolute atomic E-state index is 5.38. The second-order valence-electron chi connectivity index (χ2n) is 6.71. The molecular formula is C26H25BrO4. The van der Waals surface area contributed by atoms with Gasteiger partial charge in [-0.2, -0.15) is 0 Å². The Morgan fingerprint density at radius 1 is 0.484 bits per heavy atom. The summed E-state index contributed by atoms with van der Waals surface area (Å²) < 4.78 is 22.4. The number of rotatable bonds is 8. The monoisotopic (exact) mass is 480 g/mol. The summed E-state index contributed by atoms with van der Waals surface area (Å²) in [4.78, 5) is 0. The molecule has 0 bridgehead atoms. The predicted molar refractivity (Wildman–Crippen MR) is 131 cm³/mol. The maximum Gasteiger partial charge on any atom is 0.161 e. The van der Waals surface area contributed by atoms with Crippen molar-refractivity contribution in [1.29, 1.82) is 0 Å². The highest BCUT2D eigenvalue weighted by atomic mass is 79.9. The lowest BCUT2D eigenvalue weighted by atomic mass is 10.1. The van der Waals surface area contributed by atoms with Crippen LogP contribution in [0.3, 0.4) is 0 Å². The van der Waals surface area contributed by atoms with E-state index in [0.29, 0.717) is 23.0 Å². The molecule has 0 aliphatic rings. The van der Waals surface area contributed by atoms with Gasteiger partial charge in [0, 0.05) is 4.47 Å². The quantitative estimate of drug-likeness (QED) is 0.331. The molecule has 160 valence electrons. The largest absolute Gasteiger partial charge is 0.493 e. The molecule has 0 radical (unpaired) electrons. The van der Waals surface area contributed by atoms with E-state index < -0.39 is 0 Å². The summed E-state index contributed by atoms with van der Waals surface area (Å²) >= 11 is 3.61. The Morgan fingerprint density at radius 2 is 0.871 bits per heavy atom. The van der Waals surface area contributed by atoms with Gasteiger partial charge in [0.05, 0.1) is 28.4 Å². The first-order chi connectivity index (χ1) is 15.1. The standard InChI is InChI=1S/C26H25BrO4/c1-28-23-11-9-18(16-25(23)30-3)5-7-20-13-21(15-22(27)14-20)8-6-19-10-12-24(29-2)26(17-19)31-4/h5-17H,1-4H3/b7-5+,8-6+. The third kappa shape index (κ3) is 5.92. The molecule has 31 heavy (non-hydrogen) atoms. The Labute approximate surface area is 191 Å². The van der Waals surface area contributed by atoms with Crippen LogP contribution < -0.4 is 18.9 Å². The minimum absolute atomic E-state index is 0.706. The van der Waals surface area contributed by atoms with Crippen molar-refractivity contribution in [3.8, 4) is 23.0 Å². The fourth-order valence-electron chi connectivity index (χ4n) is 3.13. The van der Waals surface area contributed by atoms with Crippen LogP contribution in [0.2, 0.25) is 0 Å². The molecule has 0 amide bonds. The van der Waals surface area contributed by atoms with Crippen molar-refractivity contribution >= 4 is 40.2 Å². The lowest BCUT2D eigenvalue weighted by molar-refractivity contribution is 0.355. The van der Waals surface area contributed by atoms with Crippen molar-refractivity contribution < 1.29 is 18.9 Å². The van der Waals surface area contributed by atoms with Crippen LogP contribution in [0.5, 0.6) is 23.0 Å². The Bertz CT molecular complexity index is 1020. The molecule has 0 fully saturated rings. The maximum atomic E-state index is 5.38. The van der Waals surface area contributed by atoms with Gasteiger partial charge in [-0.1, -0.05) is 52.4 Å². The van der Waals surface area contributed by atoms with Crippen LogP contribution in [0, 0.1) is 0 Å². The van der Waals surface area contributed by atoms with Crippen molar-refractivity contribution in [2.24, 2.45) is 0 Å². The Balaban J connectivity index is 1.82. The molecule has 0 aliphatic heterocycles. The van der Waals surface area contributed by atoms with Gasteiger partial charge in [-0.05, 0) is 64.7 Å². The zero-order chi connectivity index (χ0) is 22.2. The molecule has 3 aromatic rings. The molecule has 5 heteroatoms. The average Bonchev–Trinajstić information content (AvgIpc) is 2.80. The number of ether oxygens (including phenoxy) is 4. The van der Waals surface area contributed by atoms with Crippen LogP contribution in [-0.2, 0) is 0 Å². The number of hydrogen-bond acceptors (Lipinski definition) is 4. The van der Waals surface area contributed by atoms with Crippen LogP contribution in [0.4, 0.5) is 0 Å². The van der Waals surface area contributed by atoms with Crippen molar-refractivity contribution in [2.75, 3.05) is 28.4 Å². The van der Waals surface area contributed by atoms with E-state index in [9.17, 15) is 0 Å². The van der Waals surface area contributed by atoms with E-state index in [1.807, 2.05) is 48.6 Å². The summed E-state index contributed by atoms with van der Waals surface area (Å²) in [6.45, 7) is 0. The SMILES string of the molecule is COc1ccc(/C=C/c2cc(Br)cc(/C=C/c3ccc(OC)c(OC)c3)c2)cc1OC. The van der Waals surface area contributed by atoms with Crippen molar-refractivity contribution in [2.45, 2.75) is 0 Å². The lowest BCUT2D eigenvalue weighted by Gasteiger charge is -2.08. The van der Waals surface area contributed by atoms with Gasteiger partial charge in [0.2, 0.25) is 0 Å². The molecular weight excluding hydrogens is 456 g/mol. The molecule has 0 saturated carbocycles. The Hall–Kier alpha value is -3.18. The first kappa shape index (κ1) is 22.5. The molecule has 0 spiro atoms. The van der Waals surface area contributed by atoms with E-state index in [-0.39, 0.29) is 0 Å². The third-order valence-electron chi connectivity index (χ3n) is 4.69. The van der Waals surface area contributed by atoms with Gasteiger partial charge >= 0.3 is 0 Å². The molecule has 0 aliphatic carbocycles. The van der Waals surface area contributed by atoms with Crippen molar-refractivity contribution in [3.63, 3.8) is 0 Å². The van der Waals surface area contributed by atoms with Gasteiger partial charge in [0.1, 0.15) is 0 Å². The van der Waals surface area contributed by atoms with Crippen LogP contribution in [-0.4, -0.2) is 28.4 Å². The summed E-state index contributed by atoms with van der Waals surface area (Å²) in [6.07, 6.45) is 8.23. The third-order valence-corrected chi connectivity index (χ3v) is 5.15. The van der Waals surface area contributed by atoms with E-state index in [4.69, 9.17) is 18.9 Å². The normalized spacial score (nSPS) is 11.1. The Morgan fingerprint density at radius 3 is 1.26 bits per heavy atom. The van der Waals surface area contributed by atoms with E-state index in [1.165, 1.54) is 0 Å². The molecule has 4 nitrogen and oxygen atoms in total.